The van der Waals surface area contributed by atoms with Crippen molar-refractivity contribution in [2.24, 2.45) is 11.7 Å². The number of hydrogen-bond acceptors (Lipinski definition) is 4. The maximum atomic E-state index is 11.5. The lowest BCUT2D eigenvalue weighted by Gasteiger charge is -2.19. The zero-order valence-electron chi connectivity index (χ0n) is 10.9. The Morgan fingerprint density at radius 3 is 2.12 bits per heavy atom. The van der Waals surface area contributed by atoms with Gasteiger partial charge in [-0.1, -0.05) is 13.8 Å². The second-order valence-electron chi connectivity index (χ2n) is 5.52. The molecule has 0 bridgehead atoms. The molecule has 0 fully saturated rings. The average molecular weight is 229 g/mol. The Kier molecular flexibility index (Phi) is 5.65. The Bertz CT molecular complexity index is 253. The van der Waals surface area contributed by atoms with Gasteiger partial charge in [0.05, 0.1) is 0 Å². The third-order valence-corrected chi connectivity index (χ3v) is 1.85. The van der Waals surface area contributed by atoms with Crippen molar-refractivity contribution in [2.45, 2.75) is 59.1 Å². The van der Waals surface area contributed by atoms with E-state index in [1.54, 1.807) is 20.8 Å². The summed E-state index contributed by atoms with van der Waals surface area (Å²) in [6, 6.07) is -0.264. The van der Waals surface area contributed by atoms with Gasteiger partial charge in [0.1, 0.15) is 5.60 Å². The van der Waals surface area contributed by atoms with Crippen LogP contribution in [-0.2, 0) is 14.3 Å². The van der Waals surface area contributed by atoms with Gasteiger partial charge in [-0.15, -0.1) is 0 Å². The lowest BCUT2D eigenvalue weighted by molar-refractivity contribution is -0.162. The largest absolute Gasteiger partial charge is 0.454 e. The fourth-order valence-electron chi connectivity index (χ4n) is 1.35. The van der Waals surface area contributed by atoms with Gasteiger partial charge in [-0.3, -0.25) is 4.79 Å². The fourth-order valence-corrected chi connectivity index (χ4v) is 1.35. The van der Waals surface area contributed by atoms with Crippen LogP contribution >= 0.6 is 0 Å². The van der Waals surface area contributed by atoms with Crippen molar-refractivity contribution in [1.29, 1.82) is 0 Å². The van der Waals surface area contributed by atoms with Gasteiger partial charge in [0.15, 0.2) is 0 Å². The van der Waals surface area contributed by atoms with E-state index >= 15 is 0 Å². The number of carbonyl (C=O) groups is 2. The van der Waals surface area contributed by atoms with Gasteiger partial charge in [0.25, 0.3) is 0 Å². The number of rotatable bonds is 5. The summed E-state index contributed by atoms with van der Waals surface area (Å²) >= 11 is 0. The van der Waals surface area contributed by atoms with E-state index in [0.29, 0.717) is 5.92 Å². The first-order valence-electron chi connectivity index (χ1n) is 5.63. The first kappa shape index (κ1) is 15.1. The lowest BCUT2D eigenvalue weighted by Crippen LogP contribution is -2.33. The van der Waals surface area contributed by atoms with Crippen LogP contribution in [-0.4, -0.2) is 23.4 Å². The average Bonchev–Trinajstić information content (AvgIpc) is 1.98. The molecule has 0 saturated heterocycles. The quantitative estimate of drug-likeness (QED) is 0.575. The summed E-state index contributed by atoms with van der Waals surface area (Å²) in [6.07, 6.45) is 0.793. The molecule has 0 saturated carbocycles. The van der Waals surface area contributed by atoms with Gasteiger partial charge in [0.2, 0.25) is 5.78 Å². The minimum atomic E-state index is -0.785. The number of carbonyl (C=O) groups excluding carboxylic acids is 2. The van der Waals surface area contributed by atoms with E-state index in [0.717, 1.165) is 6.42 Å². The molecular weight excluding hydrogens is 206 g/mol. The normalized spacial score (nSPS) is 13.7. The van der Waals surface area contributed by atoms with E-state index in [1.165, 1.54) is 0 Å². The van der Waals surface area contributed by atoms with Crippen molar-refractivity contribution >= 4 is 11.8 Å². The molecule has 94 valence electrons. The van der Waals surface area contributed by atoms with Crippen molar-refractivity contribution < 1.29 is 14.3 Å². The van der Waals surface area contributed by atoms with Crippen LogP contribution < -0.4 is 5.73 Å². The van der Waals surface area contributed by atoms with Crippen molar-refractivity contribution in [2.75, 3.05) is 0 Å². The minimum absolute atomic E-state index is 0.0626. The highest BCUT2D eigenvalue weighted by molar-refractivity contribution is 6.33. The number of ether oxygens (including phenoxy) is 1. The van der Waals surface area contributed by atoms with Gasteiger partial charge < -0.3 is 10.5 Å². The van der Waals surface area contributed by atoms with Crippen LogP contribution in [0.4, 0.5) is 0 Å². The van der Waals surface area contributed by atoms with Gasteiger partial charge in [-0.05, 0) is 33.1 Å². The van der Waals surface area contributed by atoms with Crippen molar-refractivity contribution in [3.63, 3.8) is 0 Å². The molecule has 0 aliphatic heterocycles. The molecule has 4 heteroatoms. The SMILES string of the molecule is CC(C)CC(N)CC(=O)C(=O)OC(C)(C)C. The number of nitrogens with two attached hydrogens (primary N) is 1. The van der Waals surface area contributed by atoms with Crippen LogP contribution in [0.25, 0.3) is 0 Å². The van der Waals surface area contributed by atoms with E-state index in [-0.39, 0.29) is 12.5 Å². The van der Waals surface area contributed by atoms with Crippen LogP contribution in [0, 0.1) is 5.92 Å². The second-order valence-corrected chi connectivity index (χ2v) is 5.52. The molecule has 0 rings (SSSR count). The van der Waals surface area contributed by atoms with Crippen LogP contribution in [0.3, 0.4) is 0 Å². The van der Waals surface area contributed by atoms with Gasteiger partial charge >= 0.3 is 5.97 Å². The first-order chi connectivity index (χ1) is 7.11. The topological polar surface area (TPSA) is 69.4 Å². The fraction of sp³-hybridized carbons (Fsp3) is 0.833. The molecule has 0 radical (unpaired) electrons. The molecule has 0 aromatic heterocycles. The van der Waals surface area contributed by atoms with E-state index < -0.39 is 17.4 Å². The molecule has 2 N–H and O–H groups in total. The van der Waals surface area contributed by atoms with E-state index in [2.05, 4.69) is 0 Å². The molecule has 0 spiro atoms. The third kappa shape index (κ3) is 7.40. The summed E-state index contributed by atoms with van der Waals surface area (Å²) < 4.78 is 4.96. The monoisotopic (exact) mass is 229 g/mol. The highest BCUT2D eigenvalue weighted by Gasteiger charge is 2.24. The van der Waals surface area contributed by atoms with Crippen molar-refractivity contribution in [1.82, 2.24) is 0 Å². The number of hydrogen-bond donors (Lipinski definition) is 1. The third-order valence-electron chi connectivity index (χ3n) is 1.85. The smallest absolute Gasteiger partial charge is 0.375 e. The van der Waals surface area contributed by atoms with Crippen LogP contribution in [0.1, 0.15) is 47.5 Å². The highest BCUT2D eigenvalue weighted by atomic mass is 16.6. The zero-order chi connectivity index (χ0) is 12.9. The van der Waals surface area contributed by atoms with E-state index in [9.17, 15) is 9.59 Å². The number of Topliss-reactive ketones (excluding diaryl/α,β-unsaturated/α-hetero) is 1. The summed E-state index contributed by atoms with van der Waals surface area (Å²) in [5.74, 6) is -0.906. The molecule has 0 aliphatic rings. The zero-order valence-corrected chi connectivity index (χ0v) is 10.9. The Morgan fingerprint density at radius 2 is 1.75 bits per heavy atom. The molecule has 0 heterocycles. The lowest BCUT2D eigenvalue weighted by atomic mass is 10.0. The Hall–Kier alpha value is -0.900. The molecule has 0 aliphatic carbocycles. The Morgan fingerprint density at radius 1 is 1.25 bits per heavy atom. The molecule has 0 aromatic carbocycles. The predicted molar refractivity (Wildman–Crippen MR) is 62.9 cm³/mol. The maximum Gasteiger partial charge on any atom is 0.375 e. The van der Waals surface area contributed by atoms with Crippen LogP contribution in [0.15, 0.2) is 0 Å². The molecule has 16 heavy (non-hydrogen) atoms. The Balaban J connectivity index is 4.11. The summed E-state index contributed by atoms with van der Waals surface area (Å²) in [7, 11) is 0. The Labute approximate surface area is 97.5 Å². The summed E-state index contributed by atoms with van der Waals surface area (Å²) in [6.45, 7) is 9.24. The molecule has 1 atom stereocenters. The number of ketones is 1. The van der Waals surface area contributed by atoms with Gasteiger partial charge in [0, 0.05) is 12.5 Å². The van der Waals surface area contributed by atoms with Gasteiger partial charge in [-0.25, -0.2) is 4.79 Å². The second kappa shape index (κ2) is 5.99. The molecular formula is C12H23NO3. The predicted octanol–water partition coefficient (Wildman–Crippen LogP) is 1.66. The first-order valence-corrected chi connectivity index (χ1v) is 5.63. The maximum absolute atomic E-state index is 11.5. The molecule has 4 nitrogen and oxygen atoms in total. The van der Waals surface area contributed by atoms with Crippen molar-refractivity contribution in [3.05, 3.63) is 0 Å². The number of esters is 1. The van der Waals surface area contributed by atoms with E-state index in [1.807, 2.05) is 13.8 Å². The van der Waals surface area contributed by atoms with Crippen molar-refractivity contribution in [3.8, 4) is 0 Å². The van der Waals surface area contributed by atoms with Crippen LogP contribution in [0.5, 0.6) is 0 Å². The summed E-state index contributed by atoms with van der Waals surface area (Å²) in [4.78, 5) is 22.8. The molecule has 0 aromatic rings. The highest BCUT2D eigenvalue weighted by Crippen LogP contribution is 2.10. The standard InChI is InChI=1S/C12H23NO3/c1-8(2)6-9(13)7-10(14)11(15)16-12(3,4)5/h8-9H,6-7,13H2,1-5H3. The van der Waals surface area contributed by atoms with E-state index in [4.69, 9.17) is 10.5 Å². The summed E-state index contributed by atoms with van der Waals surface area (Å²) in [5.41, 5.74) is 5.12. The molecule has 0 amide bonds. The summed E-state index contributed by atoms with van der Waals surface area (Å²) in [5, 5.41) is 0. The minimum Gasteiger partial charge on any atom is -0.454 e. The van der Waals surface area contributed by atoms with Gasteiger partial charge in [-0.2, -0.15) is 0 Å². The van der Waals surface area contributed by atoms with Crippen LogP contribution in [0.2, 0.25) is 0 Å². The molecule has 1 unspecified atom stereocenters.